The van der Waals surface area contributed by atoms with Crippen molar-refractivity contribution in [2.45, 2.75) is 13.5 Å². The topological polar surface area (TPSA) is 33.1 Å². The zero-order valence-corrected chi connectivity index (χ0v) is 11.4. The lowest BCUT2D eigenvalue weighted by Crippen LogP contribution is -2.09. The molecule has 1 heterocycles. The second-order valence-corrected chi connectivity index (χ2v) is 4.74. The average Bonchev–Trinajstić information content (AvgIpc) is 2.73. The predicted octanol–water partition coefficient (Wildman–Crippen LogP) is 2.41. The minimum absolute atomic E-state index is 0.790. The molecule has 0 unspecified atom stereocenters. The van der Waals surface area contributed by atoms with Crippen LogP contribution in [0.4, 0.5) is 11.4 Å². The van der Waals surface area contributed by atoms with Gasteiger partial charge in [0.25, 0.3) is 0 Å². The van der Waals surface area contributed by atoms with E-state index in [-0.39, 0.29) is 0 Å². The fraction of sp³-hybridized carbons (Fsp3) is 0.357. The lowest BCUT2D eigenvalue weighted by molar-refractivity contribution is 0.837. The molecule has 0 atom stereocenters. The van der Waals surface area contributed by atoms with Gasteiger partial charge in [0.1, 0.15) is 0 Å². The third-order valence-electron chi connectivity index (χ3n) is 3.10. The van der Waals surface area contributed by atoms with Crippen molar-refractivity contribution in [1.29, 1.82) is 0 Å². The Bertz CT molecular complexity index is 528. The fourth-order valence-corrected chi connectivity index (χ4v) is 1.87. The summed E-state index contributed by atoms with van der Waals surface area (Å²) in [5.74, 6) is 0. The predicted molar refractivity (Wildman–Crippen MR) is 76.0 cm³/mol. The summed E-state index contributed by atoms with van der Waals surface area (Å²) in [6.07, 6.45) is 3.70. The van der Waals surface area contributed by atoms with Gasteiger partial charge < -0.3 is 14.8 Å². The van der Waals surface area contributed by atoms with Crippen molar-refractivity contribution in [2.75, 3.05) is 24.3 Å². The highest BCUT2D eigenvalue weighted by Crippen LogP contribution is 2.21. The van der Waals surface area contributed by atoms with Crippen molar-refractivity contribution in [1.82, 2.24) is 9.55 Å². The van der Waals surface area contributed by atoms with E-state index in [9.17, 15) is 0 Å². The quantitative estimate of drug-likeness (QED) is 0.896. The Balaban J connectivity index is 2.08. The summed E-state index contributed by atoms with van der Waals surface area (Å²) in [5, 5.41) is 3.44. The van der Waals surface area contributed by atoms with Crippen molar-refractivity contribution in [3.63, 3.8) is 0 Å². The first kappa shape index (κ1) is 12.5. The Morgan fingerprint density at radius 2 is 2.11 bits per heavy atom. The van der Waals surface area contributed by atoms with Crippen LogP contribution in [0.5, 0.6) is 0 Å². The molecule has 96 valence electrons. The van der Waals surface area contributed by atoms with Crippen LogP contribution < -0.4 is 10.2 Å². The van der Waals surface area contributed by atoms with Crippen molar-refractivity contribution < 1.29 is 0 Å². The number of hydrogen-bond donors (Lipinski definition) is 1. The first-order valence-corrected chi connectivity index (χ1v) is 6.05. The molecule has 0 saturated heterocycles. The summed E-state index contributed by atoms with van der Waals surface area (Å²) in [4.78, 5) is 6.22. The third kappa shape index (κ3) is 2.64. The van der Waals surface area contributed by atoms with E-state index >= 15 is 0 Å². The maximum absolute atomic E-state index is 4.11. The molecule has 0 fully saturated rings. The smallest absolute Gasteiger partial charge is 0.0946 e. The molecule has 0 radical (unpaired) electrons. The number of imidazole rings is 1. The van der Waals surface area contributed by atoms with Gasteiger partial charge in [0.2, 0.25) is 0 Å². The van der Waals surface area contributed by atoms with Gasteiger partial charge in [-0.3, -0.25) is 0 Å². The summed E-state index contributed by atoms with van der Waals surface area (Å²) in [5.41, 5.74) is 4.81. The molecule has 0 bridgehead atoms. The van der Waals surface area contributed by atoms with Crippen molar-refractivity contribution in [2.24, 2.45) is 7.05 Å². The number of benzene rings is 1. The highest BCUT2D eigenvalue weighted by Gasteiger charge is 2.03. The largest absolute Gasteiger partial charge is 0.379 e. The van der Waals surface area contributed by atoms with Gasteiger partial charge in [-0.25, -0.2) is 4.98 Å². The maximum atomic E-state index is 4.11. The van der Waals surface area contributed by atoms with E-state index in [0.717, 1.165) is 6.54 Å². The van der Waals surface area contributed by atoms with E-state index in [0.29, 0.717) is 0 Å². The standard InChI is InChI=1S/C14H20N4/c1-11-7-12(17(2)3)5-6-14(11)16-9-13-8-15-10-18(13)4/h5-8,10,16H,9H2,1-4H3. The van der Waals surface area contributed by atoms with Crippen LogP contribution in [0.15, 0.2) is 30.7 Å². The third-order valence-corrected chi connectivity index (χ3v) is 3.10. The molecule has 4 nitrogen and oxygen atoms in total. The number of nitrogens with one attached hydrogen (secondary N) is 1. The number of rotatable bonds is 4. The molecule has 0 aliphatic rings. The van der Waals surface area contributed by atoms with Crippen molar-refractivity contribution in [3.8, 4) is 0 Å². The van der Waals surface area contributed by atoms with E-state index in [1.807, 2.05) is 24.1 Å². The molecule has 0 spiro atoms. The van der Waals surface area contributed by atoms with Crippen LogP contribution in [-0.2, 0) is 13.6 Å². The van der Waals surface area contributed by atoms with E-state index in [1.165, 1.54) is 22.6 Å². The Kier molecular flexibility index (Phi) is 3.55. The van der Waals surface area contributed by atoms with Crippen LogP contribution in [0.1, 0.15) is 11.3 Å². The average molecular weight is 244 g/mol. The van der Waals surface area contributed by atoms with Gasteiger partial charge in [-0.15, -0.1) is 0 Å². The van der Waals surface area contributed by atoms with E-state index in [4.69, 9.17) is 0 Å². The van der Waals surface area contributed by atoms with Crippen LogP contribution in [-0.4, -0.2) is 23.6 Å². The van der Waals surface area contributed by atoms with Gasteiger partial charge in [0, 0.05) is 38.7 Å². The summed E-state index contributed by atoms with van der Waals surface area (Å²) >= 11 is 0. The molecule has 0 aliphatic carbocycles. The molecule has 1 aromatic carbocycles. The molecule has 2 aromatic rings. The summed E-state index contributed by atoms with van der Waals surface area (Å²) in [7, 11) is 6.11. The molecule has 1 N–H and O–H groups in total. The number of aromatic nitrogens is 2. The van der Waals surface area contributed by atoms with Crippen LogP contribution in [0.3, 0.4) is 0 Å². The Labute approximate surface area is 108 Å². The van der Waals surface area contributed by atoms with Crippen molar-refractivity contribution >= 4 is 11.4 Å². The molecule has 1 aromatic heterocycles. The maximum Gasteiger partial charge on any atom is 0.0946 e. The molecular weight excluding hydrogens is 224 g/mol. The number of anilines is 2. The van der Waals surface area contributed by atoms with Gasteiger partial charge in [-0.2, -0.15) is 0 Å². The summed E-state index contributed by atoms with van der Waals surface area (Å²) < 4.78 is 2.02. The molecule has 4 heteroatoms. The minimum atomic E-state index is 0.790. The van der Waals surface area contributed by atoms with Crippen LogP contribution in [0.2, 0.25) is 0 Å². The Morgan fingerprint density at radius 1 is 1.33 bits per heavy atom. The molecule has 18 heavy (non-hydrogen) atoms. The zero-order valence-electron chi connectivity index (χ0n) is 11.4. The Hall–Kier alpha value is -1.97. The lowest BCUT2D eigenvalue weighted by atomic mass is 10.1. The van der Waals surface area contributed by atoms with Gasteiger partial charge >= 0.3 is 0 Å². The minimum Gasteiger partial charge on any atom is -0.379 e. The molecule has 0 amide bonds. The number of aryl methyl sites for hydroxylation is 2. The number of nitrogens with zero attached hydrogens (tertiary/aromatic N) is 3. The second-order valence-electron chi connectivity index (χ2n) is 4.74. The van der Waals surface area contributed by atoms with Crippen LogP contribution in [0.25, 0.3) is 0 Å². The van der Waals surface area contributed by atoms with E-state index in [2.05, 4.69) is 54.4 Å². The lowest BCUT2D eigenvalue weighted by Gasteiger charge is -2.16. The highest BCUT2D eigenvalue weighted by molar-refractivity contribution is 5.59. The first-order valence-electron chi connectivity index (χ1n) is 6.05. The number of hydrogen-bond acceptors (Lipinski definition) is 3. The van der Waals surface area contributed by atoms with Gasteiger partial charge in [-0.1, -0.05) is 0 Å². The van der Waals surface area contributed by atoms with E-state index in [1.54, 1.807) is 0 Å². The first-order chi connectivity index (χ1) is 8.58. The molecular formula is C14H20N4. The molecule has 2 rings (SSSR count). The van der Waals surface area contributed by atoms with Crippen molar-refractivity contribution in [3.05, 3.63) is 42.0 Å². The Morgan fingerprint density at radius 3 is 2.67 bits per heavy atom. The zero-order chi connectivity index (χ0) is 13.1. The normalized spacial score (nSPS) is 10.4. The van der Waals surface area contributed by atoms with Crippen LogP contribution in [0, 0.1) is 6.92 Å². The summed E-state index contributed by atoms with van der Waals surface area (Å²) in [6, 6.07) is 6.44. The van der Waals surface area contributed by atoms with Crippen LogP contribution >= 0.6 is 0 Å². The molecule has 0 saturated carbocycles. The van der Waals surface area contributed by atoms with Gasteiger partial charge in [0.05, 0.1) is 18.6 Å². The van der Waals surface area contributed by atoms with Gasteiger partial charge in [-0.05, 0) is 30.7 Å². The fourth-order valence-electron chi connectivity index (χ4n) is 1.87. The molecule has 0 aliphatic heterocycles. The highest BCUT2D eigenvalue weighted by atomic mass is 15.1. The second kappa shape index (κ2) is 5.12. The summed E-state index contributed by atoms with van der Waals surface area (Å²) in [6.45, 7) is 2.91. The monoisotopic (exact) mass is 244 g/mol. The SMILES string of the molecule is Cc1cc(N(C)C)ccc1NCc1cncn1C. The van der Waals surface area contributed by atoms with E-state index < -0.39 is 0 Å². The van der Waals surface area contributed by atoms with Gasteiger partial charge in [0.15, 0.2) is 0 Å².